The van der Waals surface area contributed by atoms with Gasteiger partial charge in [0.25, 0.3) is 0 Å². The first kappa shape index (κ1) is 21.0. The average molecular weight is 387 g/mol. The van der Waals surface area contributed by atoms with Crippen LogP contribution in [-0.2, 0) is 11.0 Å². The fourth-order valence-corrected chi connectivity index (χ4v) is 3.04. The molecule has 1 unspecified atom stereocenters. The highest BCUT2D eigenvalue weighted by molar-refractivity contribution is 5.92. The van der Waals surface area contributed by atoms with Crippen LogP contribution in [0, 0.1) is 11.3 Å². The molecular formula is C18H24F3N3O3. The number of halogens is 3. The molecule has 150 valence electrons. The van der Waals surface area contributed by atoms with Crippen molar-refractivity contribution in [3.63, 3.8) is 0 Å². The lowest BCUT2D eigenvalue weighted by Gasteiger charge is -2.26. The fraction of sp³-hybridized carbons (Fsp3) is 0.556. The predicted molar refractivity (Wildman–Crippen MR) is 95.3 cm³/mol. The van der Waals surface area contributed by atoms with Crippen molar-refractivity contribution < 1.29 is 27.9 Å². The fourth-order valence-electron chi connectivity index (χ4n) is 3.04. The monoisotopic (exact) mass is 387 g/mol. The Morgan fingerprint density at radius 3 is 2.33 bits per heavy atom. The molecule has 1 aromatic rings. The van der Waals surface area contributed by atoms with Crippen molar-refractivity contribution in [2.45, 2.75) is 45.9 Å². The number of amides is 3. The van der Waals surface area contributed by atoms with Crippen LogP contribution in [0.4, 0.5) is 29.3 Å². The number of alkyl halides is 3. The van der Waals surface area contributed by atoms with E-state index < -0.39 is 40.9 Å². The maximum atomic E-state index is 13.3. The molecule has 0 heterocycles. The zero-order valence-electron chi connectivity index (χ0n) is 15.4. The van der Waals surface area contributed by atoms with Crippen LogP contribution >= 0.6 is 0 Å². The third-order valence-electron chi connectivity index (χ3n) is 4.65. The smallest absolute Gasteiger partial charge is 0.392 e. The van der Waals surface area contributed by atoms with E-state index >= 15 is 0 Å². The van der Waals surface area contributed by atoms with Gasteiger partial charge in [0.05, 0.1) is 17.4 Å². The Morgan fingerprint density at radius 1 is 1.22 bits per heavy atom. The van der Waals surface area contributed by atoms with Gasteiger partial charge in [-0.25, -0.2) is 4.79 Å². The molecule has 3 amide bonds. The number of hydrogen-bond acceptors (Lipinski definition) is 3. The van der Waals surface area contributed by atoms with Crippen LogP contribution in [0.3, 0.4) is 0 Å². The van der Waals surface area contributed by atoms with Gasteiger partial charge in [0.1, 0.15) is 0 Å². The Kier molecular flexibility index (Phi) is 6.04. The number of aliphatic hydroxyl groups is 1. The van der Waals surface area contributed by atoms with Gasteiger partial charge in [-0.2, -0.15) is 13.2 Å². The van der Waals surface area contributed by atoms with Crippen molar-refractivity contribution in [3.8, 4) is 0 Å². The topological polar surface area (TPSA) is 90.5 Å². The highest BCUT2D eigenvalue weighted by atomic mass is 19.4. The Hall–Kier alpha value is -2.29. The van der Waals surface area contributed by atoms with Gasteiger partial charge < -0.3 is 21.1 Å². The first-order valence-corrected chi connectivity index (χ1v) is 8.66. The van der Waals surface area contributed by atoms with Gasteiger partial charge >= 0.3 is 12.2 Å². The van der Waals surface area contributed by atoms with Crippen molar-refractivity contribution in [2.75, 3.05) is 17.2 Å². The first-order valence-electron chi connectivity index (χ1n) is 8.66. The van der Waals surface area contributed by atoms with E-state index in [9.17, 15) is 27.9 Å². The van der Waals surface area contributed by atoms with E-state index in [1.807, 2.05) is 13.8 Å². The summed E-state index contributed by atoms with van der Waals surface area (Å²) >= 11 is 0. The molecule has 2 rings (SSSR count). The summed E-state index contributed by atoms with van der Waals surface area (Å²) in [7, 11) is 0. The Balaban J connectivity index is 2.07. The lowest BCUT2D eigenvalue weighted by molar-refractivity contribution is -0.137. The Morgan fingerprint density at radius 2 is 1.85 bits per heavy atom. The SMILES string of the molecule is CC(=O)Nc1ccc(NC(=O)NCC2(C(O)C(C)C)CC2)c(C(F)(F)F)c1. The highest BCUT2D eigenvalue weighted by Gasteiger charge is 2.49. The molecule has 1 aliphatic carbocycles. The van der Waals surface area contributed by atoms with Crippen LogP contribution < -0.4 is 16.0 Å². The van der Waals surface area contributed by atoms with Crippen LogP contribution in [0.15, 0.2) is 18.2 Å². The van der Waals surface area contributed by atoms with E-state index in [0.29, 0.717) is 0 Å². The number of carbonyl (C=O) groups is 2. The van der Waals surface area contributed by atoms with Gasteiger partial charge in [0.15, 0.2) is 0 Å². The van der Waals surface area contributed by atoms with Crippen molar-refractivity contribution in [3.05, 3.63) is 23.8 Å². The number of carbonyl (C=O) groups excluding carboxylic acids is 2. The number of urea groups is 1. The Bertz CT molecular complexity index is 716. The summed E-state index contributed by atoms with van der Waals surface area (Å²) in [4.78, 5) is 23.1. The maximum absolute atomic E-state index is 13.3. The summed E-state index contributed by atoms with van der Waals surface area (Å²) in [6.45, 7) is 5.11. The second-order valence-corrected chi connectivity index (χ2v) is 7.30. The van der Waals surface area contributed by atoms with Gasteiger partial charge in [-0.15, -0.1) is 0 Å². The van der Waals surface area contributed by atoms with Gasteiger partial charge in [-0.05, 0) is 37.0 Å². The van der Waals surface area contributed by atoms with Gasteiger partial charge in [-0.3, -0.25) is 4.79 Å². The van der Waals surface area contributed by atoms with Crippen molar-refractivity contribution in [1.29, 1.82) is 0 Å². The quantitative estimate of drug-likeness (QED) is 0.601. The highest BCUT2D eigenvalue weighted by Crippen LogP contribution is 2.50. The van der Waals surface area contributed by atoms with E-state index in [1.165, 1.54) is 13.0 Å². The zero-order chi connectivity index (χ0) is 20.4. The van der Waals surface area contributed by atoms with Crippen molar-refractivity contribution >= 4 is 23.3 Å². The van der Waals surface area contributed by atoms with E-state index in [4.69, 9.17) is 0 Å². The lowest BCUT2D eigenvalue weighted by Crippen LogP contribution is -2.40. The maximum Gasteiger partial charge on any atom is 0.418 e. The second-order valence-electron chi connectivity index (χ2n) is 7.30. The van der Waals surface area contributed by atoms with Crippen LogP contribution in [0.2, 0.25) is 0 Å². The summed E-state index contributed by atoms with van der Waals surface area (Å²) in [6.07, 6.45) is -3.78. The number of nitrogens with one attached hydrogen (secondary N) is 3. The van der Waals surface area contributed by atoms with Crippen LogP contribution in [0.25, 0.3) is 0 Å². The van der Waals surface area contributed by atoms with Gasteiger partial charge in [-0.1, -0.05) is 13.8 Å². The summed E-state index contributed by atoms with van der Waals surface area (Å²) in [5.74, 6) is -0.476. The molecule has 1 saturated carbocycles. The van der Waals surface area contributed by atoms with E-state index in [0.717, 1.165) is 25.0 Å². The second kappa shape index (κ2) is 7.75. The first-order chi connectivity index (χ1) is 12.4. The molecule has 1 aromatic carbocycles. The molecule has 6 nitrogen and oxygen atoms in total. The molecular weight excluding hydrogens is 363 g/mol. The summed E-state index contributed by atoms with van der Waals surface area (Å²) < 4.78 is 39.8. The minimum absolute atomic E-state index is 0.0160. The van der Waals surface area contributed by atoms with Crippen LogP contribution in [-0.4, -0.2) is 29.7 Å². The summed E-state index contributed by atoms with van der Waals surface area (Å²) in [6, 6.07) is 2.35. The molecule has 1 fully saturated rings. The molecule has 0 saturated heterocycles. The molecule has 0 bridgehead atoms. The van der Waals surface area contributed by atoms with Crippen molar-refractivity contribution in [2.24, 2.45) is 11.3 Å². The predicted octanol–water partition coefficient (Wildman–Crippen LogP) is 3.58. The van der Waals surface area contributed by atoms with E-state index in [2.05, 4.69) is 16.0 Å². The van der Waals surface area contributed by atoms with Crippen molar-refractivity contribution in [1.82, 2.24) is 5.32 Å². The molecule has 0 radical (unpaired) electrons. The third-order valence-corrected chi connectivity index (χ3v) is 4.65. The normalized spacial score (nSPS) is 16.6. The zero-order valence-corrected chi connectivity index (χ0v) is 15.4. The summed E-state index contributed by atoms with van der Waals surface area (Å²) in [5.41, 5.74) is -1.90. The van der Waals surface area contributed by atoms with E-state index in [1.54, 1.807) is 0 Å². The standard InChI is InChI=1S/C18H24F3N3O3/c1-10(2)15(26)17(6-7-17)9-22-16(27)24-14-5-4-12(23-11(3)25)8-13(14)18(19,20)21/h4-5,8,10,15,26H,6-7,9H2,1-3H3,(H,23,25)(H2,22,24,27). The number of benzene rings is 1. The molecule has 27 heavy (non-hydrogen) atoms. The number of anilines is 2. The average Bonchev–Trinajstić information content (AvgIpc) is 3.33. The minimum Gasteiger partial charge on any atom is -0.392 e. The van der Waals surface area contributed by atoms with Crippen LogP contribution in [0.5, 0.6) is 0 Å². The lowest BCUT2D eigenvalue weighted by atomic mass is 9.90. The minimum atomic E-state index is -4.71. The Labute approximate surface area is 155 Å². The van der Waals surface area contributed by atoms with Gasteiger partial charge in [0.2, 0.25) is 5.91 Å². The number of hydrogen-bond donors (Lipinski definition) is 4. The molecule has 0 aromatic heterocycles. The largest absolute Gasteiger partial charge is 0.418 e. The molecule has 0 spiro atoms. The number of rotatable bonds is 6. The molecule has 9 heteroatoms. The molecule has 1 aliphatic rings. The third kappa shape index (κ3) is 5.35. The number of aliphatic hydroxyl groups excluding tert-OH is 1. The molecule has 1 atom stereocenters. The molecule has 4 N–H and O–H groups in total. The van der Waals surface area contributed by atoms with Crippen LogP contribution in [0.1, 0.15) is 39.2 Å². The van der Waals surface area contributed by atoms with E-state index in [-0.39, 0.29) is 18.2 Å². The summed E-state index contributed by atoms with van der Waals surface area (Å²) in [5, 5.41) is 17.2. The molecule has 0 aliphatic heterocycles. The van der Waals surface area contributed by atoms with Gasteiger partial charge in [0, 0.05) is 24.6 Å².